The lowest BCUT2D eigenvalue weighted by Crippen LogP contribution is -2.38. The molecule has 2 nitrogen and oxygen atoms in total. The number of nitrogens with zero attached hydrogens (tertiary/aromatic N) is 2. The van der Waals surface area contributed by atoms with Gasteiger partial charge in [-0.2, -0.15) is 0 Å². The van der Waals surface area contributed by atoms with Crippen LogP contribution in [0, 0.1) is 0 Å². The first-order valence-corrected chi connectivity index (χ1v) is 16.8. The van der Waals surface area contributed by atoms with E-state index in [1.54, 1.807) is 0 Å². The summed E-state index contributed by atoms with van der Waals surface area (Å²) in [6.07, 6.45) is 29.9. The summed E-state index contributed by atoms with van der Waals surface area (Å²) in [5, 5.41) is 0. The Kier molecular flexibility index (Phi) is 15.2. The first-order valence-electron chi connectivity index (χ1n) is 16.8. The highest BCUT2D eigenvalue weighted by atomic mass is 15.1. The second kappa shape index (κ2) is 18.9. The molecule has 0 saturated carbocycles. The highest BCUT2D eigenvalue weighted by Gasteiger charge is 2.40. The van der Waals surface area contributed by atoms with Gasteiger partial charge < -0.3 is 0 Å². The first-order chi connectivity index (χ1) is 19.7. The minimum absolute atomic E-state index is 0.0145. The van der Waals surface area contributed by atoms with Crippen LogP contribution < -0.4 is 4.57 Å². The lowest BCUT2D eigenvalue weighted by molar-refractivity contribution is -0.697. The zero-order valence-corrected chi connectivity index (χ0v) is 26.2. The Morgan fingerprint density at radius 2 is 1.18 bits per heavy atom. The van der Waals surface area contributed by atoms with Gasteiger partial charge in [-0.3, -0.25) is 0 Å². The van der Waals surface area contributed by atoms with Crippen molar-refractivity contribution in [3.63, 3.8) is 0 Å². The molecule has 220 valence electrons. The fourth-order valence-electron chi connectivity index (χ4n) is 6.50. The largest absolute Gasteiger partial charge is 0.244 e. The molecule has 0 saturated heterocycles. The van der Waals surface area contributed by atoms with Gasteiger partial charge in [0.05, 0.1) is 6.54 Å². The number of imidazole rings is 1. The third-order valence-corrected chi connectivity index (χ3v) is 9.01. The average molecular weight is 544 g/mol. The van der Waals surface area contributed by atoms with E-state index in [1.165, 1.54) is 114 Å². The van der Waals surface area contributed by atoms with Crippen molar-refractivity contribution in [1.29, 1.82) is 0 Å². The van der Waals surface area contributed by atoms with Crippen molar-refractivity contribution in [3.8, 4) is 0 Å². The molecule has 0 radical (unpaired) electrons. The maximum atomic E-state index is 2.56. The first kappa shape index (κ1) is 32.2. The van der Waals surface area contributed by atoms with Gasteiger partial charge in [0.1, 0.15) is 18.4 Å². The van der Waals surface area contributed by atoms with E-state index in [0.717, 1.165) is 13.0 Å². The van der Waals surface area contributed by atoms with Gasteiger partial charge in [-0.25, -0.2) is 9.13 Å². The predicted molar refractivity (Wildman–Crippen MR) is 173 cm³/mol. The van der Waals surface area contributed by atoms with Crippen LogP contribution in [0.1, 0.15) is 141 Å². The molecule has 3 aromatic rings. The lowest BCUT2D eigenvalue weighted by Gasteiger charge is -2.37. The van der Waals surface area contributed by atoms with Crippen molar-refractivity contribution in [2.24, 2.45) is 0 Å². The van der Waals surface area contributed by atoms with Crippen LogP contribution in [0.4, 0.5) is 0 Å². The third-order valence-electron chi connectivity index (χ3n) is 9.01. The summed E-state index contributed by atoms with van der Waals surface area (Å²) < 4.78 is 4.97. The van der Waals surface area contributed by atoms with Crippen LogP contribution in [0.3, 0.4) is 0 Å². The van der Waals surface area contributed by atoms with Gasteiger partial charge in [0.15, 0.2) is 0 Å². The van der Waals surface area contributed by atoms with Crippen LogP contribution in [0.15, 0.2) is 79.4 Å². The number of hydrogen-bond donors (Lipinski definition) is 0. The molecule has 0 fully saturated rings. The molecule has 0 N–H and O–H groups in total. The lowest BCUT2D eigenvalue weighted by atomic mass is 9.70. The Labute approximate surface area is 247 Å². The number of aryl methyl sites for hydroxylation is 1. The van der Waals surface area contributed by atoms with Crippen molar-refractivity contribution < 1.29 is 4.57 Å². The smallest absolute Gasteiger partial charge is 0.237 e. The molecular weight excluding hydrogens is 484 g/mol. The van der Waals surface area contributed by atoms with Gasteiger partial charge in [-0.15, -0.1) is 0 Å². The minimum Gasteiger partial charge on any atom is -0.237 e. The molecule has 0 aliphatic carbocycles. The summed E-state index contributed by atoms with van der Waals surface area (Å²) in [6, 6.07) is 22.9. The van der Waals surface area contributed by atoms with Crippen LogP contribution >= 0.6 is 0 Å². The van der Waals surface area contributed by atoms with E-state index in [0.29, 0.717) is 6.04 Å². The van der Waals surface area contributed by atoms with Gasteiger partial charge in [0, 0.05) is 5.41 Å². The van der Waals surface area contributed by atoms with Crippen LogP contribution in [0.5, 0.6) is 0 Å². The highest BCUT2D eigenvalue weighted by Crippen LogP contribution is 2.41. The van der Waals surface area contributed by atoms with E-state index in [1.807, 2.05) is 0 Å². The Bertz CT molecular complexity index is 1010. The Morgan fingerprint density at radius 3 is 1.77 bits per heavy atom. The predicted octanol–water partition coefficient (Wildman–Crippen LogP) is 10.8. The molecule has 0 amide bonds. The molecule has 0 spiro atoms. The standard InChI is InChI=1S/C38H59N2/c1-4-6-8-9-10-11-12-13-14-15-16-23-29-37(40-32-31-39(34-40)30-24-7-5-2)38(3,36-27-21-18-22-28-36)33-35-25-19-17-20-26-35/h17-22,25-28,31-32,34,37H,4-16,23-24,29-30,33H2,1-3H3/q+1. The second-order valence-electron chi connectivity index (χ2n) is 12.4. The molecule has 40 heavy (non-hydrogen) atoms. The summed E-state index contributed by atoms with van der Waals surface area (Å²) in [7, 11) is 0. The number of hydrogen-bond acceptors (Lipinski definition) is 0. The normalized spacial score (nSPS) is 13.8. The maximum Gasteiger partial charge on any atom is 0.244 e. The van der Waals surface area contributed by atoms with Gasteiger partial charge in [-0.05, 0) is 43.2 Å². The van der Waals surface area contributed by atoms with E-state index in [9.17, 15) is 0 Å². The molecule has 1 aromatic heterocycles. The van der Waals surface area contributed by atoms with Crippen molar-refractivity contribution >= 4 is 0 Å². The van der Waals surface area contributed by atoms with Crippen LogP contribution in [-0.4, -0.2) is 4.57 Å². The SMILES string of the molecule is CCCCCCCCCCCCCCC(n1cc[n+](CCCCC)c1)C(C)(Cc1ccccc1)c1ccccc1. The summed E-state index contributed by atoms with van der Waals surface area (Å²) in [6.45, 7) is 8.22. The fourth-order valence-corrected chi connectivity index (χ4v) is 6.50. The number of aromatic nitrogens is 2. The second-order valence-corrected chi connectivity index (χ2v) is 12.4. The highest BCUT2D eigenvalue weighted by molar-refractivity contribution is 5.30. The van der Waals surface area contributed by atoms with E-state index in [-0.39, 0.29) is 5.41 Å². The molecule has 0 aliphatic rings. The third kappa shape index (κ3) is 10.9. The van der Waals surface area contributed by atoms with E-state index >= 15 is 0 Å². The fraction of sp³-hybridized carbons (Fsp3) is 0.605. The Hall–Kier alpha value is -2.35. The van der Waals surface area contributed by atoms with E-state index < -0.39 is 0 Å². The average Bonchev–Trinajstić information content (AvgIpc) is 3.45. The Morgan fingerprint density at radius 1 is 0.650 bits per heavy atom. The summed E-state index contributed by atoms with van der Waals surface area (Å²) >= 11 is 0. The molecule has 3 rings (SSSR count). The monoisotopic (exact) mass is 543 g/mol. The molecule has 0 bridgehead atoms. The summed E-state index contributed by atoms with van der Waals surface area (Å²) in [4.78, 5) is 0. The van der Waals surface area contributed by atoms with Crippen LogP contribution in [0.2, 0.25) is 0 Å². The van der Waals surface area contributed by atoms with E-state index in [4.69, 9.17) is 0 Å². The van der Waals surface area contributed by atoms with Crippen molar-refractivity contribution in [2.75, 3.05) is 0 Å². The molecular formula is C38H59N2+. The summed E-state index contributed by atoms with van der Waals surface area (Å²) in [5.74, 6) is 0. The Balaban J connectivity index is 1.65. The number of rotatable bonds is 22. The molecule has 1 heterocycles. The van der Waals surface area contributed by atoms with Gasteiger partial charge in [0.25, 0.3) is 0 Å². The van der Waals surface area contributed by atoms with Crippen molar-refractivity contribution in [3.05, 3.63) is 90.5 Å². The molecule has 2 atom stereocenters. The molecule has 2 unspecified atom stereocenters. The number of benzene rings is 2. The number of unbranched alkanes of at least 4 members (excludes halogenated alkanes) is 13. The van der Waals surface area contributed by atoms with Crippen molar-refractivity contribution in [2.45, 2.75) is 148 Å². The van der Waals surface area contributed by atoms with Crippen LogP contribution in [0.25, 0.3) is 0 Å². The topological polar surface area (TPSA) is 8.81 Å². The van der Waals surface area contributed by atoms with Gasteiger partial charge >= 0.3 is 0 Å². The molecule has 0 aliphatic heterocycles. The molecule has 2 aromatic carbocycles. The van der Waals surface area contributed by atoms with Gasteiger partial charge in [-0.1, -0.05) is 158 Å². The van der Waals surface area contributed by atoms with Gasteiger partial charge in [0.2, 0.25) is 6.33 Å². The quantitative estimate of drug-likeness (QED) is 0.0880. The zero-order chi connectivity index (χ0) is 28.3. The van der Waals surface area contributed by atoms with Crippen LogP contribution in [-0.2, 0) is 18.4 Å². The minimum atomic E-state index is 0.0145. The molecule has 2 heteroatoms. The maximum absolute atomic E-state index is 2.56. The van der Waals surface area contributed by atoms with Crippen molar-refractivity contribution in [1.82, 2.24) is 4.57 Å². The van der Waals surface area contributed by atoms with E-state index in [2.05, 4.69) is 109 Å². The zero-order valence-electron chi connectivity index (χ0n) is 26.2. The summed E-state index contributed by atoms with van der Waals surface area (Å²) in [5.41, 5.74) is 2.89.